The van der Waals surface area contributed by atoms with Crippen LogP contribution >= 0.6 is 0 Å². The Kier molecular flexibility index (Phi) is 3.20. The summed E-state index contributed by atoms with van der Waals surface area (Å²) in [6, 6.07) is 16.4. The summed E-state index contributed by atoms with van der Waals surface area (Å²) in [5.41, 5.74) is 10.4. The van der Waals surface area contributed by atoms with Gasteiger partial charge in [0.2, 0.25) is 0 Å². The van der Waals surface area contributed by atoms with Crippen molar-refractivity contribution in [2.45, 2.75) is 19.9 Å². The number of hydrogen-bond acceptors (Lipinski definition) is 3. The maximum absolute atomic E-state index is 6.48. The van der Waals surface area contributed by atoms with Gasteiger partial charge in [0.05, 0.1) is 17.4 Å². The molecule has 1 aromatic heterocycles. The predicted octanol–water partition coefficient (Wildman–Crippen LogP) is 3.29. The molecule has 0 amide bonds. The summed E-state index contributed by atoms with van der Waals surface area (Å²) in [5.74, 6) is 0. The van der Waals surface area contributed by atoms with Crippen molar-refractivity contribution >= 4 is 10.8 Å². The molecule has 0 aliphatic rings. The van der Waals surface area contributed by atoms with Crippen molar-refractivity contribution in [1.82, 2.24) is 10.2 Å². The van der Waals surface area contributed by atoms with Gasteiger partial charge in [-0.15, -0.1) is 0 Å². The van der Waals surface area contributed by atoms with Crippen molar-refractivity contribution in [3.05, 3.63) is 71.0 Å². The molecular formula is C17H17N3. The van der Waals surface area contributed by atoms with E-state index in [-0.39, 0.29) is 6.04 Å². The monoisotopic (exact) mass is 263 g/mol. The molecule has 1 unspecified atom stereocenters. The fraction of sp³-hybridized carbons (Fsp3) is 0.176. The summed E-state index contributed by atoms with van der Waals surface area (Å²) in [6.07, 6.45) is 0. The van der Waals surface area contributed by atoms with Crippen LogP contribution in [-0.4, -0.2) is 10.2 Å². The lowest BCUT2D eigenvalue weighted by Crippen LogP contribution is -2.15. The molecule has 3 aromatic rings. The molecule has 100 valence electrons. The van der Waals surface area contributed by atoms with Gasteiger partial charge in [-0.1, -0.05) is 42.5 Å². The number of fused-ring (bicyclic) bond motifs is 1. The molecule has 0 spiro atoms. The van der Waals surface area contributed by atoms with Crippen LogP contribution < -0.4 is 5.73 Å². The fourth-order valence-electron chi connectivity index (χ4n) is 2.57. The van der Waals surface area contributed by atoms with Gasteiger partial charge in [0.25, 0.3) is 0 Å². The lowest BCUT2D eigenvalue weighted by atomic mass is 9.94. The normalized spacial score (nSPS) is 12.6. The molecule has 3 heteroatoms. The van der Waals surface area contributed by atoms with Gasteiger partial charge >= 0.3 is 0 Å². The van der Waals surface area contributed by atoms with Gasteiger partial charge in [0.15, 0.2) is 0 Å². The van der Waals surface area contributed by atoms with E-state index in [0.717, 1.165) is 22.5 Å². The molecule has 1 heterocycles. The zero-order valence-electron chi connectivity index (χ0n) is 11.7. The molecule has 0 bridgehead atoms. The Labute approximate surface area is 118 Å². The largest absolute Gasteiger partial charge is 0.320 e. The van der Waals surface area contributed by atoms with Gasteiger partial charge in [-0.05, 0) is 41.8 Å². The summed E-state index contributed by atoms with van der Waals surface area (Å²) in [7, 11) is 0. The molecule has 1 atom stereocenters. The average molecular weight is 263 g/mol. The molecule has 3 rings (SSSR count). The van der Waals surface area contributed by atoms with Crippen molar-refractivity contribution in [3.63, 3.8) is 0 Å². The van der Waals surface area contributed by atoms with Gasteiger partial charge in [-0.2, -0.15) is 10.2 Å². The standard InChI is InChI=1S/C17H17N3/c1-11-10-16(12(2)20-19-11)17(18)15-9-5-7-13-6-3-4-8-14(13)15/h3-10,17H,18H2,1-2H3. The fourth-order valence-corrected chi connectivity index (χ4v) is 2.57. The maximum atomic E-state index is 6.48. The molecule has 2 N–H and O–H groups in total. The van der Waals surface area contributed by atoms with E-state index < -0.39 is 0 Å². The summed E-state index contributed by atoms with van der Waals surface area (Å²) < 4.78 is 0. The SMILES string of the molecule is Cc1cc(C(N)c2cccc3ccccc23)c(C)nn1. The van der Waals surface area contributed by atoms with Gasteiger partial charge in [-0.25, -0.2) is 0 Å². The number of benzene rings is 2. The van der Waals surface area contributed by atoms with Crippen LogP contribution in [0.2, 0.25) is 0 Å². The lowest BCUT2D eigenvalue weighted by molar-refractivity contribution is 0.819. The minimum Gasteiger partial charge on any atom is -0.320 e. The molecule has 20 heavy (non-hydrogen) atoms. The Hall–Kier alpha value is -2.26. The predicted molar refractivity (Wildman–Crippen MR) is 81.5 cm³/mol. The van der Waals surface area contributed by atoms with Crippen molar-refractivity contribution in [1.29, 1.82) is 0 Å². The number of aryl methyl sites for hydroxylation is 2. The first-order valence-electron chi connectivity index (χ1n) is 6.71. The minimum atomic E-state index is -0.185. The van der Waals surface area contributed by atoms with Crippen molar-refractivity contribution < 1.29 is 0 Å². The Morgan fingerprint density at radius 1 is 0.900 bits per heavy atom. The first-order valence-corrected chi connectivity index (χ1v) is 6.71. The zero-order chi connectivity index (χ0) is 14.1. The highest BCUT2D eigenvalue weighted by atomic mass is 15.1. The summed E-state index contributed by atoms with van der Waals surface area (Å²) in [4.78, 5) is 0. The zero-order valence-corrected chi connectivity index (χ0v) is 11.7. The smallest absolute Gasteiger partial charge is 0.0651 e. The van der Waals surface area contributed by atoms with Crippen LogP contribution in [0.4, 0.5) is 0 Å². The van der Waals surface area contributed by atoms with E-state index in [0.29, 0.717) is 0 Å². The maximum Gasteiger partial charge on any atom is 0.0651 e. The summed E-state index contributed by atoms with van der Waals surface area (Å²) >= 11 is 0. The Morgan fingerprint density at radius 2 is 1.65 bits per heavy atom. The highest BCUT2D eigenvalue weighted by Crippen LogP contribution is 2.28. The van der Waals surface area contributed by atoms with Crippen LogP contribution in [-0.2, 0) is 0 Å². The van der Waals surface area contributed by atoms with E-state index in [1.54, 1.807) is 0 Å². The minimum absolute atomic E-state index is 0.185. The number of nitrogens with zero attached hydrogens (tertiary/aromatic N) is 2. The first kappa shape index (κ1) is 12.8. The van der Waals surface area contributed by atoms with Gasteiger partial charge in [0.1, 0.15) is 0 Å². The van der Waals surface area contributed by atoms with E-state index in [1.165, 1.54) is 10.8 Å². The number of aromatic nitrogens is 2. The second-order valence-electron chi connectivity index (χ2n) is 5.07. The summed E-state index contributed by atoms with van der Waals surface area (Å²) in [5, 5.41) is 10.6. The quantitative estimate of drug-likeness (QED) is 0.771. The third-order valence-corrected chi connectivity index (χ3v) is 3.63. The highest BCUT2D eigenvalue weighted by Gasteiger charge is 2.15. The van der Waals surface area contributed by atoms with Crippen LogP contribution in [0, 0.1) is 13.8 Å². The lowest BCUT2D eigenvalue weighted by Gasteiger charge is -2.17. The van der Waals surface area contributed by atoms with Gasteiger partial charge in [-0.3, -0.25) is 0 Å². The average Bonchev–Trinajstić information content (AvgIpc) is 2.48. The van der Waals surface area contributed by atoms with E-state index in [1.807, 2.05) is 38.1 Å². The van der Waals surface area contributed by atoms with E-state index >= 15 is 0 Å². The second-order valence-corrected chi connectivity index (χ2v) is 5.07. The third kappa shape index (κ3) is 2.17. The highest BCUT2D eigenvalue weighted by molar-refractivity contribution is 5.86. The molecule has 0 fully saturated rings. The van der Waals surface area contributed by atoms with E-state index in [9.17, 15) is 0 Å². The van der Waals surface area contributed by atoms with Crippen LogP contribution in [0.1, 0.15) is 28.6 Å². The van der Waals surface area contributed by atoms with E-state index in [4.69, 9.17) is 5.73 Å². The molecule has 2 aromatic carbocycles. The molecule has 0 radical (unpaired) electrons. The molecule has 0 saturated heterocycles. The van der Waals surface area contributed by atoms with E-state index in [2.05, 4.69) is 34.5 Å². The Morgan fingerprint density at radius 3 is 2.50 bits per heavy atom. The Balaban J connectivity index is 2.17. The molecule has 3 nitrogen and oxygen atoms in total. The molecular weight excluding hydrogens is 246 g/mol. The van der Waals surface area contributed by atoms with Crippen molar-refractivity contribution in [2.24, 2.45) is 5.73 Å². The summed E-state index contributed by atoms with van der Waals surface area (Å²) in [6.45, 7) is 3.89. The van der Waals surface area contributed by atoms with Crippen LogP contribution in [0.3, 0.4) is 0 Å². The number of rotatable bonds is 2. The molecule has 0 aliphatic carbocycles. The van der Waals surface area contributed by atoms with Crippen LogP contribution in [0.5, 0.6) is 0 Å². The second kappa shape index (κ2) is 5.02. The van der Waals surface area contributed by atoms with Crippen molar-refractivity contribution in [2.75, 3.05) is 0 Å². The van der Waals surface area contributed by atoms with Crippen LogP contribution in [0.25, 0.3) is 10.8 Å². The van der Waals surface area contributed by atoms with Gasteiger partial charge in [0, 0.05) is 0 Å². The van der Waals surface area contributed by atoms with Crippen LogP contribution in [0.15, 0.2) is 48.5 Å². The first-order chi connectivity index (χ1) is 9.66. The molecule has 0 saturated carbocycles. The van der Waals surface area contributed by atoms with Gasteiger partial charge < -0.3 is 5.73 Å². The third-order valence-electron chi connectivity index (χ3n) is 3.63. The van der Waals surface area contributed by atoms with Crippen molar-refractivity contribution in [3.8, 4) is 0 Å². The Bertz CT molecular complexity index is 760. The topological polar surface area (TPSA) is 51.8 Å². The number of hydrogen-bond donors (Lipinski definition) is 1. The molecule has 0 aliphatic heterocycles. The number of nitrogens with two attached hydrogens (primary N) is 1.